The Bertz CT molecular complexity index is 411. The second-order valence-electron chi connectivity index (χ2n) is 3.60. The zero-order valence-electron chi connectivity index (χ0n) is 10.1. The molecule has 0 saturated carbocycles. The molecule has 0 bridgehead atoms. The van der Waals surface area contributed by atoms with Crippen molar-refractivity contribution in [2.75, 3.05) is 13.2 Å². The SMILES string of the molecule is C#CP(=O)(NCCCc1ccccc1)OCC. The quantitative estimate of drug-likeness (QED) is 0.460. The highest BCUT2D eigenvalue weighted by Crippen LogP contribution is 2.39. The molecule has 92 valence electrons. The fourth-order valence-electron chi connectivity index (χ4n) is 1.47. The van der Waals surface area contributed by atoms with Crippen molar-refractivity contribution in [3.63, 3.8) is 0 Å². The molecule has 1 unspecified atom stereocenters. The topological polar surface area (TPSA) is 38.3 Å². The zero-order chi connectivity index (χ0) is 12.6. The summed E-state index contributed by atoms with van der Waals surface area (Å²) in [4.78, 5) is 0. The van der Waals surface area contributed by atoms with Gasteiger partial charge in [-0.2, -0.15) is 0 Å². The number of terminal acetylenes is 1. The molecule has 0 heterocycles. The Balaban J connectivity index is 2.29. The van der Waals surface area contributed by atoms with Gasteiger partial charge in [-0.1, -0.05) is 30.3 Å². The van der Waals surface area contributed by atoms with Gasteiger partial charge in [-0.25, -0.2) is 5.09 Å². The van der Waals surface area contributed by atoms with Gasteiger partial charge in [0.25, 0.3) is 0 Å². The first-order valence-electron chi connectivity index (χ1n) is 5.71. The molecular weight excluding hydrogens is 233 g/mol. The number of rotatable bonds is 7. The molecule has 3 nitrogen and oxygen atoms in total. The predicted molar refractivity (Wildman–Crippen MR) is 70.8 cm³/mol. The molecule has 1 aromatic rings. The molecule has 1 aromatic carbocycles. The van der Waals surface area contributed by atoms with E-state index < -0.39 is 7.52 Å². The summed E-state index contributed by atoms with van der Waals surface area (Å²) in [5.74, 6) is 0. The van der Waals surface area contributed by atoms with Crippen LogP contribution in [0.2, 0.25) is 0 Å². The van der Waals surface area contributed by atoms with Crippen LogP contribution in [0, 0.1) is 12.1 Å². The lowest BCUT2D eigenvalue weighted by molar-refractivity contribution is 0.333. The van der Waals surface area contributed by atoms with Crippen LogP contribution in [0.3, 0.4) is 0 Å². The molecule has 17 heavy (non-hydrogen) atoms. The molecule has 0 spiro atoms. The van der Waals surface area contributed by atoms with Crippen molar-refractivity contribution in [3.8, 4) is 12.1 Å². The van der Waals surface area contributed by atoms with Crippen LogP contribution in [0.15, 0.2) is 30.3 Å². The minimum absolute atomic E-state index is 0.354. The van der Waals surface area contributed by atoms with Crippen LogP contribution in [-0.2, 0) is 15.5 Å². The van der Waals surface area contributed by atoms with Gasteiger partial charge < -0.3 is 4.52 Å². The van der Waals surface area contributed by atoms with Crippen LogP contribution in [0.1, 0.15) is 18.9 Å². The maximum absolute atomic E-state index is 11.8. The van der Waals surface area contributed by atoms with Crippen molar-refractivity contribution < 1.29 is 9.09 Å². The van der Waals surface area contributed by atoms with E-state index in [1.165, 1.54) is 5.56 Å². The summed E-state index contributed by atoms with van der Waals surface area (Å²) in [6.45, 7) is 2.72. The first-order valence-corrected chi connectivity index (χ1v) is 7.34. The van der Waals surface area contributed by atoms with Crippen LogP contribution < -0.4 is 5.09 Å². The fourth-order valence-corrected chi connectivity index (χ4v) is 2.55. The normalized spacial score (nSPS) is 13.9. The lowest BCUT2D eigenvalue weighted by Gasteiger charge is -2.12. The van der Waals surface area contributed by atoms with E-state index in [9.17, 15) is 4.57 Å². The van der Waals surface area contributed by atoms with Crippen molar-refractivity contribution in [1.29, 1.82) is 0 Å². The van der Waals surface area contributed by atoms with Gasteiger partial charge in [0.05, 0.1) is 6.61 Å². The Hall–Kier alpha value is -1.07. The Morgan fingerprint density at radius 3 is 2.71 bits per heavy atom. The Labute approximate surface area is 103 Å². The molecule has 0 aliphatic rings. The summed E-state index contributed by atoms with van der Waals surface area (Å²) < 4.78 is 16.9. The number of nitrogens with one attached hydrogen (secondary N) is 1. The maximum Gasteiger partial charge on any atom is 0.342 e. The van der Waals surface area contributed by atoms with E-state index in [1.54, 1.807) is 6.92 Å². The lowest BCUT2D eigenvalue weighted by atomic mass is 10.1. The highest BCUT2D eigenvalue weighted by Gasteiger charge is 2.17. The summed E-state index contributed by atoms with van der Waals surface area (Å²) in [5, 5.41) is 2.81. The summed E-state index contributed by atoms with van der Waals surface area (Å²) in [6, 6.07) is 10.2. The second-order valence-corrected chi connectivity index (χ2v) is 5.53. The summed E-state index contributed by atoms with van der Waals surface area (Å²) in [6.07, 6.45) is 7.00. The average molecular weight is 251 g/mol. The lowest BCUT2D eigenvalue weighted by Crippen LogP contribution is -2.13. The molecule has 0 radical (unpaired) electrons. The maximum atomic E-state index is 11.8. The molecular formula is C13H18NO2P. The number of hydrogen-bond acceptors (Lipinski definition) is 2. The monoisotopic (exact) mass is 251 g/mol. The third-order valence-electron chi connectivity index (χ3n) is 2.29. The third kappa shape index (κ3) is 5.19. The van der Waals surface area contributed by atoms with Gasteiger partial charge in [-0.15, -0.1) is 6.42 Å². The Morgan fingerprint density at radius 2 is 2.12 bits per heavy atom. The predicted octanol–water partition coefficient (Wildman–Crippen LogP) is 3.03. The molecule has 1 N–H and O–H groups in total. The Morgan fingerprint density at radius 1 is 1.41 bits per heavy atom. The minimum Gasteiger partial charge on any atom is -0.309 e. The van der Waals surface area contributed by atoms with E-state index in [1.807, 2.05) is 18.2 Å². The molecule has 0 fully saturated rings. The van der Waals surface area contributed by atoms with Gasteiger partial charge in [0.1, 0.15) is 0 Å². The number of aryl methyl sites for hydroxylation is 1. The minimum atomic E-state index is -3.04. The average Bonchev–Trinajstić information content (AvgIpc) is 2.36. The van der Waals surface area contributed by atoms with E-state index in [-0.39, 0.29) is 0 Å². The first kappa shape index (κ1) is 14.0. The molecule has 1 rings (SSSR count). The van der Waals surface area contributed by atoms with Crippen molar-refractivity contribution in [3.05, 3.63) is 35.9 Å². The van der Waals surface area contributed by atoms with Gasteiger partial charge in [-0.05, 0) is 25.3 Å². The van der Waals surface area contributed by atoms with E-state index in [2.05, 4.69) is 22.9 Å². The highest BCUT2D eigenvalue weighted by molar-refractivity contribution is 7.62. The van der Waals surface area contributed by atoms with Gasteiger partial charge in [0.15, 0.2) is 0 Å². The third-order valence-corrected chi connectivity index (χ3v) is 3.89. The van der Waals surface area contributed by atoms with Crippen molar-refractivity contribution >= 4 is 7.52 Å². The van der Waals surface area contributed by atoms with Gasteiger partial charge >= 0.3 is 7.52 Å². The molecule has 4 heteroatoms. The summed E-state index contributed by atoms with van der Waals surface area (Å²) in [5.41, 5.74) is 3.47. The van der Waals surface area contributed by atoms with Gasteiger partial charge in [-0.3, -0.25) is 4.57 Å². The van der Waals surface area contributed by atoms with Crippen molar-refractivity contribution in [1.82, 2.24) is 5.09 Å². The van der Waals surface area contributed by atoms with Gasteiger partial charge in [0, 0.05) is 12.2 Å². The summed E-state index contributed by atoms with van der Waals surface area (Å²) in [7, 11) is -3.04. The van der Waals surface area contributed by atoms with Crippen LogP contribution >= 0.6 is 7.52 Å². The summed E-state index contributed by atoms with van der Waals surface area (Å²) >= 11 is 0. The smallest absolute Gasteiger partial charge is 0.309 e. The Kier molecular flexibility index (Phi) is 6.00. The van der Waals surface area contributed by atoms with Crippen LogP contribution in [0.4, 0.5) is 0 Å². The largest absolute Gasteiger partial charge is 0.342 e. The first-order chi connectivity index (χ1) is 8.20. The van der Waals surface area contributed by atoms with E-state index in [0.717, 1.165) is 12.8 Å². The molecule has 1 atom stereocenters. The van der Waals surface area contributed by atoms with Crippen LogP contribution in [-0.4, -0.2) is 13.2 Å². The number of benzene rings is 1. The fraction of sp³-hybridized carbons (Fsp3) is 0.385. The second kappa shape index (κ2) is 7.29. The molecule has 0 aromatic heterocycles. The van der Waals surface area contributed by atoms with Gasteiger partial charge in [0.2, 0.25) is 0 Å². The van der Waals surface area contributed by atoms with Crippen molar-refractivity contribution in [2.45, 2.75) is 19.8 Å². The van der Waals surface area contributed by atoms with Crippen LogP contribution in [0.25, 0.3) is 0 Å². The van der Waals surface area contributed by atoms with Crippen LogP contribution in [0.5, 0.6) is 0 Å². The van der Waals surface area contributed by atoms with E-state index in [4.69, 9.17) is 10.9 Å². The van der Waals surface area contributed by atoms with E-state index >= 15 is 0 Å². The van der Waals surface area contributed by atoms with E-state index in [0.29, 0.717) is 13.2 Å². The molecule has 0 saturated heterocycles. The zero-order valence-corrected chi connectivity index (χ0v) is 11.0. The standard InChI is InChI=1S/C13H18NO2P/c1-3-16-17(15,4-2)14-12-8-11-13-9-6-5-7-10-13/h2,5-7,9-10H,3,8,11-12H2,1H3,(H,14,15). The van der Waals surface area contributed by atoms with Crippen molar-refractivity contribution in [2.24, 2.45) is 0 Å². The molecule has 0 aliphatic heterocycles. The number of hydrogen-bond donors (Lipinski definition) is 1. The highest BCUT2D eigenvalue weighted by atomic mass is 31.2. The molecule has 0 amide bonds. The molecule has 0 aliphatic carbocycles.